The fraction of sp³-hybridized carbons (Fsp3) is 0.188. The van der Waals surface area contributed by atoms with Gasteiger partial charge in [0, 0.05) is 41.1 Å². The normalized spacial score (nSPS) is 11.7. The van der Waals surface area contributed by atoms with Crippen molar-refractivity contribution >= 4 is 38.2 Å². The Kier molecular flexibility index (Phi) is 4.28. The molecule has 3 rings (SSSR count). The van der Waals surface area contributed by atoms with Crippen LogP contribution >= 0.6 is 11.6 Å². The molecular formula is C16H16ClN3O2S. The number of sulfone groups is 1. The van der Waals surface area contributed by atoms with Gasteiger partial charge in [-0.1, -0.05) is 11.6 Å². The molecule has 0 fully saturated rings. The Balaban J connectivity index is 1.76. The number of halogens is 1. The molecule has 0 aliphatic heterocycles. The summed E-state index contributed by atoms with van der Waals surface area (Å²) in [5.41, 5.74) is 2.14. The number of hydrogen-bond donors (Lipinski definition) is 2. The number of nitrogens with zero attached hydrogens (tertiary/aromatic N) is 1. The van der Waals surface area contributed by atoms with E-state index in [1.165, 1.54) is 6.26 Å². The van der Waals surface area contributed by atoms with Crippen molar-refractivity contribution in [2.45, 2.75) is 11.3 Å². The van der Waals surface area contributed by atoms with Gasteiger partial charge >= 0.3 is 0 Å². The van der Waals surface area contributed by atoms with Crippen molar-refractivity contribution in [3.8, 4) is 0 Å². The van der Waals surface area contributed by atoms with Crippen molar-refractivity contribution in [2.24, 2.45) is 0 Å². The third-order valence-electron chi connectivity index (χ3n) is 3.59. The number of pyridine rings is 1. The van der Waals surface area contributed by atoms with Crippen molar-refractivity contribution < 1.29 is 8.42 Å². The lowest BCUT2D eigenvalue weighted by Crippen LogP contribution is -2.10. The molecule has 0 aliphatic rings. The highest BCUT2D eigenvalue weighted by atomic mass is 35.5. The van der Waals surface area contributed by atoms with Crippen molar-refractivity contribution in [3.63, 3.8) is 0 Å². The zero-order valence-corrected chi connectivity index (χ0v) is 14.1. The highest BCUT2D eigenvalue weighted by molar-refractivity contribution is 7.90. The fourth-order valence-electron chi connectivity index (χ4n) is 2.50. The highest BCUT2D eigenvalue weighted by Gasteiger charge is 2.13. The number of benzene rings is 1. The summed E-state index contributed by atoms with van der Waals surface area (Å²) in [5.74, 6) is 0.382. The van der Waals surface area contributed by atoms with Crippen molar-refractivity contribution in [1.82, 2.24) is 9.97 Å². The second-order valence-corrected chi connectivity index (χ2v) is 7.72. The van der Waals surface area contributed by atoms with E-state index in [4.69, 9.17) is 11.6 Å². The maximum atomic E-state index is 11.8. The summed E-state index contributed by atoms with van der Waals surface area (Å²) in [6, 6.07) is 8.87. The number of anilines is 1. The number of hydrogen-bond acceptors (Lipinski definition) is 4. The molecule has 7 heteroatoms. The van der Waals surface area contributed by atoms with Gasteiger partial charge in [-0.2, -0.15) is 0 Å². The van der Waals surface area contributed by atoms with Gasteiger partial charge in [-0.3, -0.25) is 0 Å². The van der Waals surface area contributed by atoms with E-state index >= 15 is 0 Å². The number of H-pyrrole nitrogens is 1. The van der Waals surface area contributed by atoms with Gasteiger partial charge in [0.1, 0.15) is 10.7 Å². The predicted octanol–water partition coefficient (Wildman–Crippen LogP) is 3.27. The van der Waals surface area contributed by atoms with Crippen LogP contribution in [0.5, 0.6) is 0 Å². The molecule has 2 heterocycles. The molecule has 1 aromatic carbocycles. The van der Waals surface area contributed by atoms with E-state index in [9.17, 15) is 8.42 Å². The molecule has 0 saturated carbocycles. The zero-order chi connectivity index (χ0) is 16.4. The Morgan fingerprint density at radius 2 is 2.13 bits per heavy atom. The molecule has 5 nitrogen and oxygen atoms in total. The summed E-state index contributed by atoms with van der Waals surface area (Å²) in [6.07, 6.45) is 5.41. The van der Waals surface area contributed by atoms with Crippen LogP contribution in [0, 0.1) is 0 Å². The Morgan fingerprint density at radius 3 is 2.91 bits per heavy atom. The fourth-order valence-corrected chi connectivity index (χ4v) is 3.47. The zero-order valence-electron chi connectivity index (χ0n) is 12.5. The van der Waals surface area contributed by atoms with E-state index < -0.39 is 9.84 Å². The second kappa shape index (κ2) is 6.22. The lowest BCUT2D eigenvalue weighted by molar-refractivity contribution is 0.602. The molecule has 0 spiro atoms. The monoisotopic (exact) mass is 349 g/mol. The van der Waals surface area contributed by atoms with E-state index in [1.807, 2.05) is 24.4 Å². The molecule has 2 aromatic heterocycles. The maximum Gasteiger partial charge on any atom is 0.179 e. The first-order valence-corrected chi connectivity index (χ1v) is 9.36. The van der Waals surface area contributed by atoms with Crippen molar-refractivity contribution in [2.75, 3.05) is 18.1 Å². The molecule has 0 bridgehead atoms. The number of aromatic amines is 1. The van der Waals surface area contributed by atoms with Crippen LogP contribution in [-0.2, 0) is 16.3 Å². The van der Waals surface area contributed by atoms with Crippen LogP contribution in [0.1, 0.15) is 5.56 Å². The van der Waals surface area contributed by atoms with Crippen LogP contribution < -0.4 is 5.32 Å². The summed E-state index contributed by atoms with van der Waals surface area (Å²) >= 11 is 6.04. The molecule has 0 amide bonds. The van der Waals surface area contributed by atoms with E-state index in [-0.39, 0.29) is 4.90 Å². The average molecular weight is 350 g/mol. The Labute approximate surface area is 139 Å². The first-order chi connectivity index (χ1) is 10.9. The Hall–Kier alpha value is -2.05. The largest absolute Gasteiger partial charge is 0.369 e. The number of rotatable bonds is 5. The summed E-state index contributed by atoms with van der Waals surface area (Å²) in [4.78, 5) is 7.53. The second-order valence-electron chi connectivity index (χ2n) is 5.30. The average Bonchev–Trinajstić information content (AvgIpc) is 2.89. The van der Waals surface area contributed by atoms with Gasteiger partial charge in [0.25, 0.3) is 0 Å². The lowest BCUT2D eigenvalue weighted by atomic mass is 10.1. The van der Waals surface area contributed by atoms with Crippen LogP contribution in [0.2, 0.25) is 5.02 Å². The summed E-state index contributed by atoms with van der Waals surface area (Å²) in [6.45, 7) is 0.568. The third-order valence-corrected chi connectivity index (χ3v) is 4.95. The molecule has 3 aromatic rings. The first kappa shape index (κ1) is 15.8. The van der Waals surface area contributed by atoms with Gasteiger partial charge in [0.05, 0.1) is 0 Å². The lowest BCUT2D eigenvalue weighted by Gasteiger charge is -2.09. The van der Waals surface area contributed by atoms with Crippen LogP contribution in [0.25, 0.3) is 10.9 Å². The topological polar surface area (TPSA) is 74.8 Å². The number of fused-ring (bicyclic) bond motifs is 1. The number of nitrogens with one attached hydrogen (secondary N) is 2. The van der Waals surface area contributed by atoms with E-state index in [0.717, 1.165) is 22.9 Å². The Morgan fingerprint density at radius 1 is 1.30 bits per heavy atom. The molecular weight excluding hydrogens is 334 g/mol. The molecule has 0 unspecified atom stereocenters. The van der Waals surface area contributed by atoms with Crippen LogP contribution in [0.15, 0.2) is 47.6 Å². The van der Waals surface area contributed by atoms with Crippen LogP contribution in [-0.4, -0.2) is 31.2 Å². The highest BCUT2D eigenvalue weighted by Crippen LogP contribution is 2.23. The van der Waals surface area contributed by atoms with Gasteiger partial charge in [-0.25, -0.2) is 13.4 Å². The smallest absolute Gasteiger partial charge is 0.179 e. The van der Waals surface area contributed by atoms with Crippen molar-refractivity contribution in [1.29, 1.82) is 0 Å². The maximum absolute atomic E-state index is 11.8. The molecule has 0 radical (unpaired) electrons. The standard InChI is InChI=1S/C16H16ClN3O2S/c1-23(21,22)15-3-2-7-18-16(15)19-8-6-11-10-20-14-5-4-12(17)9-13(11)14/h2-5,7,9-10,20H,6,8H2,1H3,(H,18,19). The van der Waals surface area contributed by atoms with E-state index in [2.05, 4.69) is 15.3 Å². The molecule has 0 atom stereocenters. The minimum absolute atomic E-state index is 0.210. The minimum atomic E-state index is -3.31. The van der Waals surface area contributed by atoms with Crippen molar-refractivity contribution in [3.05, 3.63) is 53.3 Å². The number of aromatic nitrogens is 2. The molecule has 120 valence electrons. The van der Waals surface area contributed by atoms with Gasteiger partial charge < -0.3 is 10.3 Å². The molecule has 0 saturated heterocycles. The van der Waals surface area contributed by atoms with Gasteiger partial charge in [0.15, 0.2) is 9.84 Å². The van der Waals surface area contributed by atoms with Gasteiger partial charge in [0.2, 0.25) is 0 Å². The quantitative estimate of drug-likeness (QED) is 0.741. The summed E-state index contributed by atoms with van der Waals surface area (Å²) < 4.78 is 23.5. The van der Waals surface area contributed by atoms with Crippen LogP contribution in [0.4, 0.5) is 5.82 Å². The molecule has 2 N–H and O–H groups in total. The SMILES string of the molecule is CS(=O)(=O)c1cccnc1NCCc1c[nH]c2ccc(Cl)cc12. The first-order valence-electron chi connectivity index (χ1n) is 7.09. The summed E-state index contributed by atoms with van der Waals surface area (Å²) in [5, 5.41) is 4.86. The minimum Gasteiger partial charge on any atom is -0.369 e. The van der Waals surface area contributed by atoms with Gasteiger partial charge in [-0.05, 0) is 42.3 Å². The van der Waals surface area contributed by atoms with E-state index in [1.54, 1.807) is 18.3 Å². The van der Waals surface area contributed by atoms with Crippen LogP contribution in [0.3, 0.4) is 0 Å². The van der Waals surface area contributed by atoms with E-state index in [0.29, 0.717) is 17.4 Å². The predicted molar refractivity (Wildman–Crippen MR) is 92.8 cm³/mol. The summed E-state index contributed by atoms with van der Waals surface area (Å²) in [7, 11) is -3.31. The Bertz CT molecular complexity index is 951. The molecule has 0 aliphatic carbocycles. The van der Waals surface area contributed by atoms with Gasteiger partial charge in [-0.15, -0.1) is 0 Å². The third kappa shape index (κ3) is 3.48. The molecule has 23 heavy (non-hydrogen) atoms.